The molecular weight excluding hydrogens is 420 g/mol. The highest BCUT2D eigenvalue weighted by molar-refractivity contribution is 5.65. The minimum atomic E-state index is -0.742. The van der Waals surface area contributed by atoms with Crippen LogP contribution in [-0.2, 0) is 4.74 Å². The monoisotopic (exact) mass is 448 g/mol. The molecule has 1 aliphatic heterocycles. The molecule has 172 valence electrons. The van der Waals surface area contributed by atoms with Gasteiger partial charge in [-0.15, -0.1) is 0 Å². The Labute approximate surface area is 193 Å². The van der Waals surface area contributed by atoms with E-state index in [4.69, 9.17) is 9.47 Å². The smallest absolute Gasteiger partial charge is 0.138 e. The Kier molecular flexibility index (Phi) is 7.43. The Balaban J connectivity index is 1.43. The van der Waals surface area contributed by atoms with Gasteiger partial charge in [-0.1, -0.05) is 36.1 Å². The van der Waals surface area contributed by atoms with Gasteiger partial charge < -0.3 is 29.4 Å². The zero-order valence-electron chi connectivity index (χ0n) is 18.5. The summed E-state index contributed by atoms with van der Waals surface area (Å²) in [6.07, 6.45) is 2.37. The maximum Gasteiger partial charge on any atom is 0.138 e. The van der Waals surface area contributed by atoms with E-state index in [-0.39, 0.29) is 12.7 Å². The first kappa shape index (κ1) is 23.0. The molecule has 4 rings (SSSR count). The lowest BCUT2D eigenvalue weighted by molar-refractivity contribution is -0.0750. The lowest BCUT2D eigenvalue weighted by atomic mass is 10.0. The topological polar surface area (TPSA) is 97.0 Å². The third-order valence-electron chi connectivity index (χ3n) is 5.59. The van der Waals surface area contributed by atoms with Crippen molar-refractivity contribution in [1.29, 1.82) is 0 Å². The van der Waals surface area contributed by atoms with Crippen molar-refractivity contribution in [2.45, 2.75) is 37.7 Å². The quantitative estimate of drug-likeness (QED) is 0.502. The summed E-state index contributed by atoms with van der Waals surface area (Å²) in [6.45, 7) is 2.35. The second-order valence-corrected chi connectivity index (χ2v) is 8.03. The molecule has 2 aromatic carbocycles. The molecule has 3 N–H and O–H groups in total. The number of aliphatic hydroxyl groups excluding tert-OH is 3. The van der Waals surface area contributed by atoms with E-state index in [1.165, 1.54) is 0 Å². The van der Waals surface area contributed by atoms with E-state index in [1.807, 2.05) is 48.5 Å². The number of nitrogens with zero attached hydrogens (tertiary/aromatic N) is 2. The first-order valence-electron chi connectivity index (χ1n) is 11.0. The van der Waals surface area contributed by atoms with Crippen LogP contribution in [0.1, 0.15) is 36.9 Å². The molecule has 7 heteroatoms. The predicted molar refractivity (Wildman–Crippen MR) is 124 cm³/mol. The first-order valence-corrected chi connectivity index (χ1v) is 11.0. The largest absolute Gasteiger partial charge is 0.488 e. The summed E-state index contributed by atoms with van der Waals surface area (Å²) >= 11 is 0. The molecule has 4 atom stereocenters. The van der Waals surface area contributed by atoms with Crippen LogP contribution >= 0.6 is 0 Å². The van der Waals surface area contributed by atoms with Crippen molar-refractivity contribution >= 4 is 0 Å². The predicted octanol–water partition coefficient (Wildman–Crippen LogP) is 2.72. The van der Waals surface area contributed by atoms with Gasteiger partial charge in [0.05, 0.1) is 19.8 Å². The average Bonchev–Trinajstić information content (AvgIpc) is 3.32. The highest BCUT2D eigenvalue weighted by Crippen LogP contribution is 2.25. The maximum atomic E-state index is 9.98. The maximum absolute atomic E-state index is 9.98. The van der Waals surface area contributed by atoms with Crippen molar-refractivity contribution in [1.82, 2.24) is 9.55 Å². The zero-order valence-corrected chi connectivity index (χ0v) is 18.5. The van der Waals surface area contributed by atoms with Gasteiger partial charge in [0, 0.05) is 24.4 Å². The van der Waals surface area contributed by atoms with Gasteiger partial charge in [-0.05, 0) is 42.3 Å². The van der Waals surface area contributed by atoms with Gasteiger partial charge in [-0.2, -0.15) is 0 Å². The number of rotatable bonds is 6. The van der Waals surface area contributed by atoms with Crippen LogP contribution in [0.25, 0.3) is 11.1 Å². The van der Waals surface area contributed by atoms with Crippen molar-refractivity contribution in [3.63, 3.8) is 0 Å². The van der Waals surface area contributed by atoms with E-state index >= 15 is 0 Å². The average molecular weight is 449 g/mol. The highest BCUT2D eigenvalue weighted by atomic mass is 16.5. The summed E-state index contributed by atoms with van der Waals surface area (Å²) < 4.78 is 12.8. The standard InChI is InChI=1S/C26H28N2O5/c1-18(30)26-27-13-14-28(26)22(16-29)9-4-19-2-5-20(6-3-19)21-7-10-23(11-8-21)33-25-12-15-32-17-24(25)31/h2-3,5-8,10-11,13-14,18,22,24-25,29-31H,12,15-17H2,1H3/t18-,22-,24+,25?/m0/s1. The second-order valence-electron chi connectivity index (χ2n) is 8.03. The van der Waals surface area contributed by atoms with Crippen molar-refractivity contribution < 1.29 is 24.8 Å². The van der Waals surface area contributed by atoms with Crippen LogP contribution in [-0.4, -0.2) is 56.9 Å². The molecule has 0 spiro atoms. The van der Waals surface area contributed by atoms with Gasteiger partial charge >= 0.3 is 0 Å². The molecule has 1 saturated heterocycles. The Bertz CT molecular complexity index is 1100. The summed E-state index contributed by atoms with van der Waals surface area (Å²) in [4.78, 5) is 4.13. The number of aliphatic hydroxyl groups is 3. The van der Waals surface area contributed by atoms with Gasteiger partial charge in [0.25, 0.3) is 0 Å². The molecule has 33 heavy (non-hydrogen) atoms. The van der Waals surface area contributed by atoms with Crippen LogP contribution in [0.3, 0.4) is 0 Å². The van der Waals surface area contributed by atoms with E-state index < -0.39 is 18.2 Å². The van der Waals surface area contributed by atoms with Gasteiger partial charge in [0.15, 0.2) is 0 Å². The Morgan fingerprint density at radius 2 is 1.85 bits per heavy atom. The fourth-order valence-electron chi connectivity index (χ4n) is 3.77. The highest BCUT2D eigenvalue weighted by Gasteiger charge is 2.25. The molecule has 0 amide bonds. The molecule has 1 fully saturated rings. The zero-order chi connectivity index (χ0) is 23.2. The van der Waals surface area contributed by atoms with Crippen LogP contribution in [0.4, 0.5) is 0 Å². The minimum Gasteiger partial charge on any atom is -0.488 e. The fraction of sp³-hybridized carbons (Fsp3) is 0.346. The van der Waals surface area contributed by atoms with Crippen molar-refractivity contribution in [3.05, 3.63) is 72.3 Å². The molecule has 0 radical (unpaired) electrons. The van der Waals surface area contributed by atoms with Crippen LogP contribution in [0.5, 0.6) is 5.75 Å². The van der Waals surface area contributed by atoms with E-state index in [0.29, 0.717) is 25.5 Å². The minimum absolute atomic E-state index is 0.180. The van der Waals surface area contributed by atoms with E-state index in [1.54, 1.807) is 23.9 Å². The van der Waals surface area contributed by atoms with Gasteiger partial charge in [-0.25, -0.2) is 4.98 Å². The first-order chi connectivity index (χ1) is 16.0. The third kappa shape index (κ3) is 5.62. The molecule has 0 aliphatic carbocycles. The SMILES string of the molecule is C[C@H](O)c1nccn1[C@@H](C#Cc1ccc(-c2ccc(OC3CCOC[C@H]3O)cc2)cc1)CO. The summed E-state index contributed by atoms with van der Waals surface area (Å²) in [7, 11) is 0. The number of ether oxygens (including phenoxy) is 2. The Hall–Kier alpha value is -3.15. The van der Waals surface area contributed by atoms with E-state index in [2.05, 4.69) is 16.8 Å². The normalized spacial score (nSPS) is 19.9. The fourth-order valence-corrected chi connectivity index (χ4v) is 3.77. The molecule has 1 aromatic heterocycles. The number of imidazole rings is 1. The van der Waals surface area contributed by atoms with E-state index in [0.717, 1.165) is 22.4 Å². The lowest BCUT2D eigenvalue weighted by Crippen LogP contribution is -2.40. The number of benzene rings is 2. The van der Waals surface area contributed by atoms with Gasteiger partial charge in [0.2, 0.25) is 0 Å². The Morgan fingerprint density at radius 3 is 2.48 bits per heavy atom. The molecular formula is C26H28N2O5. The summed E-state index contributed by atoms with van der Waals surface area (Å²) in [5, 5.41) is 29.6. The molecule has 2 heterocycles. The third-order valence-corrected chi connectivity index (χ3v) is 5.59. The van der Waals surface area contributed by atoms with Crippen molar-refractivity contribution in [2.75, 3.05) is 19.8 Å². The van der Waals surface area contributed by atoms with Gasteiger partial charge in [0.1, 0.15) is 35.9 Å². The summed E-state index contributed by atoms with van der Waals surface area (Å²) in [5.74, 6) is 7.34. The van der Waals surface area contributed by atoms with Crippen LogP contribution in [0.15, 0.2) is 60.9 Å². The molecule has 7 nitrogen and oxygen atoms in total. The summed E-state index contributed by atoms with van der Waals surface area (Å²) in [6, 6.07) is 15.2. The van der Waals surface area contributed by atoms with Crippen LogP contribution in [0.2, 0.25) is 0 Å². The van der Waals surface area contributed by atoms with Crippen LogP contribution < -0.4 is 4.74 Å². The van der Waals surface area contributed by atoms with Crippen molar-refractivity contribution in [2.24, 2.45) is 0 Å². The second kappa shape index (κ2) is 10.6. The molecule has 1 unspecified atom stereocenters. The number of hydrogen-bond donors (Lipinski definition) is 3. The molecule has 0 saturated carbocycles. The number of aromatic nitrogens is 2. The van der Waals surface area contributed by atoms with E-state index in [9.17, 15) is 15.3 Å². The molecule has 1 aliphatic rings. The Morgan fingerprint density at radius 1 is 1.15 bits per heavy atom. The number of hydrogen-bond acceptors (Lipinski definition) is 6. The molecule has 0 bridgehead atoms. The molecule has 3 aromatic rings. The van der Waals surface area contributed by atoms with Crippen molar-refractivity contribution in [3.8, 4) is 28.7 Å². The van der Waals surface area contributed by atoms with Gasteiger partial charge in [-0.3, -0.25) is 0 Å². The summed E-state index contributed by atoms with van der Waals surface area (Å²) in [5.41, 5.74) is 2.91. The van der Waals surface area contributed by atoms with Crippen LogP contribution in [0, 0.1) is 11.8 Å². The lowest BCUT2D eigenvalue weighted by Gasteiger charge is -2.28.